The van der Waals surface area contributed by atoms with E-state index in [9.17, 15) is 4.79 Å². The number of hydrogen-bond acceptors (Lipinski definition) is 4. The molecular formula is C10H18O4. The summed E-state index contributed by atoms with van der Waals surface area (Å²) in [6, 6.07) is 0. The predicted molar refractivity (Wildman–Crippen MR) is 50.5 cm³/mol. The average Bonchev–Trinajstić information content (AvgIpc) is 2.09. The lowest BCUT2D eigenvalue weighted by Crippen LogP contribution is -2.37. The van der Waals surface area contributed by atoms with Crippen molar-refractivity contribution in [2.24, 2.45) is 0 Å². The maximum atomic E-state index is 10.9. The molecule has 0 amide bonds. The zero-order chi connectivity index (χ0) is 10.4. The van der Waals surface area contributed by atoms with E-state index in [2.05, 4.69) is 4.89 Å². The predicted octanol–water partition coefficient (Wildman–Crippen LogP) is 2.48. The third kappa shape index (κ3) is 3.27. The fraction of sp³-hybridized carbons (Fsp3) is 0.900. The Morgan fingerprint density at radius 1 is 1.14 bits per heavy atom. The van der Waals surface area contributed by atoms with Crippen molar-refractivity contribution in [2.45, 2.75) is 57.7 Å². The van der Waals surface area contributed by atoms with Gasteiger partial charge < -0.3 is 4.74 Å². The van der Waals surface area contributed by atoms with Gasteiger partial charge in [0.1, 0.15) is 0 Å². The summed E-state index contributed by atoms with van der Waals surface area (Å²) in [5, 5.41) is 8.83. The molecule has 0 bridgehead atoms. The molecule has 1 aliphatic rings. The van der Waals surface area contributed by atoms with Crippen molar-refractivity contribution in [3.63, 3.8) is 0 Å². The third-order valence-electron chi connectivity index (χ3n) is 2.61. The van der Waals surface area contributed by atoms with Crippen LogP contribution in [0.2, 0.25) is 0 Å². The molecule has 0 aromatic heterocycles. The number of carbonyl (C=O) groups excluding carboxylic acids is 1. The lowest BCUT2D eigenvalue weighted by Gasteiger charge is -2.30. The molecule has 4 nitrogen and oxygen atoms in total. The molecule has 1 fully saturated rings. The zero-order valence-electron chi connectivity index (χ0n) is 8.62. The highest BCUT2D eigenvalue weighted by Gasteiger charge is 2.35. The van der Waals surface area contributed by atoms with Crippen molar-refractivity contribution in [2.75, 3.05) is 0 Å². The molecule has 82 valence electrons. The molecule has 0 aromatic carbocycles. The molecule has 1 N–H and O–H groups in total. The fourth-order valence-corrected chi connectivity index (χ4v) is 1.92. The monoisotopic (exact) mass is 202 g/mol. The fourth-order valence-electron chi connectivity index (χ4n) is 1.92. The Labute approximate surface area is 84.1 Å². The highest BCUT2D eigenvalue weighted by Crippen LogP contribution is 2.30. The van der Waals surface area contributed by atoms with Crippen molar-refractivity contribution in [1.82, 2.24) is 0 Å². The summed E-state index contributed by atoms with van der Waals surface area (Å²) in [7, 11) is 0. The van der Waals surface area contributed by atoms with Crippen LogP contribution in [0.1, 0.15) is 51.9 Å². The Morgan fingerprint density at radius 2 is 1.64 bits per heavy atom. The van der Waals surface area contributed by atoms with Gasteiger partial charge in [-0.25, -0.2) is 5.26 Å². The van der Waals surface area contributed by atoms with Crippen LogP contribution in [0.3, 0.4) is 0 Å². The quantitative estimate of drug-likeness (QED) is 0.323. The summed E-state index contributed by atoms with van der Waals surface area (Å²) < 4.78 is 5.05. The van der Waals surface area contributed by atoms with Gasteiger partial charge in [-0.2, -0.15) is 4.89 Å². The van der Waals surface area contributed by atoms with Crippen molar-refractivity contribution in [3.8, 4) is 0 Å². The molecule has 0 spiro atoms. The number of ether oxygens (including phenoxy) is 1. The molecule has 4 heteroatoms. The number of hydrogen-bond donors (Lipinski definition) is 1. The molecule has 0 aromatic rings. The van der Waals surface area contributed by atoms with E-state index in [1.165, 1.54) is 13.3 Å². The molecule has 1 saturated carbocycles. The largest absolute Gasteiger partial charge is 0.431 e. The molecule has 1 aliphatic carbocycles. The van der Waals surface area contributed by atoms with Crippen molar-refractivity contribution in [3.05, 3.63) is 0 Å². The molecule has 0 atom stereocenters. The van der Waals surface area contributed by atoms with Gasteiger partial charge in [-0.3, -0.25) is 4.79 Å². The molecule has 0 aliphatic heterocycles. The van der Waals surface area contributed by atoms with Gasteiger partial charge in [0.05, 0.1) is 0 Å². The van der Waals surface area contributed by atoms with Crippen molar-refractivity contribution in [1.29, 1.82) is 0 Å². The Hall–Kier alpha value is -0.610. The van der Waals surface area contributed by atoms with Gasteiger partial charge >= 0.3 is 5.97 Å². The first-order valence-corrected chi connectivity index (χ1v) is 5.21. The number of rotatable bonds is 2. The van der Waals surface area contributed by atoms with Gasteiger partial charge in [0.2, 0.25) is 5.79 Å². The summed E-state index contributed by atoms with van der Waals surface area (Å²) in [5.41, 5.74) is 0. The van der Waals surface area contributed by atoms with Crippen LogP contribution < -0.4 is 0 Å². The first-order valence-electron chi connectivity index (χ1n) is 5.21. The average molecular weight is 202 g/mol. The van der Waals surface area contributed by atoms with Gasteiger partial charge in [0.15, 0.2) is 0 Å². The second kappa shape index (κ2) is 5.32. The number of esters is 1. The first-order chi connectivity index (χ1) is 6.68. The molecule has 0 saturated heterocycles. The van der Waals surface area contributed by atoms with Crippen LogP contribution in [0.15, 0.2) is 0 Å². The minimum Gasteiger partial charge on any atom is -0.431 e. The second-order valence-corrected chi connectivity index (χ2v) is 3.86. The van der Waals surface area contributed by atoms with E-state index in [0.717, 1.165) is 25.7 Å². The van der Waals surface area contributed by atoms with Crippen LogP contribution in [0.5, 0.6) is 0 Å². The summed E-state index contributed by atoms with van der Waals surface area (Å²) in [5.74, 6) is -1.48. The van der Waals surface area contributed by atoms with E-state index in [4.69, 9.17) is 9.99 Å². The van der Waals surface area contributed by atoms with E-state index in [1.807, 2.05) is 0 Å². The summed E-state index contributed by atoms with van der Waals surface area (Å²) in [4.78, 5) is 15.2. The van der Waals surface area contributed by atoms with Crippen LogP contribution in [-0.2, 0) is 14.4 Å². The maximum absolute atomic E-state index is 10.9. The van der Waals surface area contributed by atoms with E-state index in [1.54, 1.807) is 0 Å². The highest BCUT2D eigenvalue weighted by molar-refractivity contribution is 5.66. The van der Waals surface area contributed by atoms with Crippen LogP contribution in [0.25, 0.3) is 0 Å². The molecular weight excluding hydrogens is 184 g/mol. The lowest BCUT2D eigenvalue weighted by molar-refractivity contribution is -0.397. The molecule has 0 heterocycles. The van der Waals surface area contributed by atoms with Crippen LogP contribution in [-0.4, -0.2) is 17.0 Å². The minimum atomic E-state index is -1.08. The standard InChI is InChI=1S/C10H18O4/c1-9(11)13-10(14-12)7-5-3-2-4-6-8-10/h12H,2-8H2,1H3. The Morgan fingerprint density at radius 3 is 2.07 bits per heavy atom. The Balaban J connectivity index is 2.57. The molecule has 14 heavy (non-hydrogen) atoms. The Bertz CT molecular complexity index is 183. The summed E-state index contributed by atoms with van der Waals surface area (Å²) in [6.07, 6.45) is 6.44. The SMILES string of the molecule is CC(=O)OC1(OO)CCCCCCC1. The highest BCUT2D eigenvalue weighted by atomic mass is 17.1. The molecule has 1 rings (SSSR count). The zero-order valence-corrected chi connectivity index (χ0v) is 8.62. The van der Waals surface area contributed by atoms with E-state index in [-0.39, 0.29) is 0 Å². The smallest absolute Gasteiger partial charge is 0.305 e. The van der Waals surface area contributed by atoms with Gasteiger partial charge in [0.25, 0.3) is 0 Å². The second-order valence-electron chi connectivity index (χ2n) is 3.86. The van der Waals surface area contributed by atoms with Gasteiger partial charge in [-0.05, 0) is 12.8 Å². The van der Waals surface area contributed by atoms with E-state index >= 15 is 0 Å². The van der Waals surface area contributed by atoms with Gasteiger partial charge in [-0.15, -0.1) is 0 Å². The van der Waals surface area contributed by atoms with Crippen LogP contribution >= 0.6 is 0 Å². The van der Waals surface area contributed by atoms with Crippen LogP contribution in [0.4, 0.5) is 0 Å². The third-order valence-corrected chi connectivity index (χ3v) is 2.61. The summed E-state index contributed by atoms with van der Waals surface area (Å²) >= 11 is 0. The summed E-state index contributed by atoms with van der Waals surface area (Å²) in [6.45, 7) is 1.33. The van der Waals surface area contributed by atoms with E-state index in [0.29, 0.717) is 12.8 Å². The lowest BCUT2D eigenvalue weighted by atomic mass is 9.96. The Kier molecular flexibility index (Phi) is 4.35. The van der Waals surface area contributed by atoms with Gasteiger partial charge in [-0.1, -0.05) is 19.3 Å². The first kappa shape index (κ1) is 11.5. The van der Waals surface area contributed by atoms with E-state index < -0.39 is 11.8 Å². The van der Waals surface area contributed by atoms with Crippen molar-refractivity contribution < 1.29 is 19.7 Å². The minimum absolute atomic E-state index is 0.403. The van der Waals surface area contributed by atoms with Crippen LogP contribution in [0, 0.1) is 0 Å². The molecule has 0 radical (unpaired) electrons. The van der Waals surface area contributed by atoms with Gasteiger partial charge in [0, 0.05) is 19.8 Å². The van der Waals surface area contributed by atoms with Crippen molar-refractivity contribution >= 4 is 5.97 Å². The topological polar surface area (TPSA) is 55.8 Å². The number of carbonyl (C=O) groups is 1. The normalized spacial score (nSPS) is 22.1. The maximum Gasteiger partial charge on any atom is 0.305 e. The molecule has 0 unspecified atom stereocenters.